The summed E-state index contributed by atoms with van der Waals surface area (Å²) in [5.41, 5.74) is 0. The Morgan fingerprint density at radius 3 is 2.75 bits per heavy atom. The van der Waals surface area contributed by atoms with E-state index in [1.165, 1.54) is 0 Å². The number of rotatable bonds is 4. The second kappa shape index (κ2) is 5.33. The van der Waals surface area contributed by atoms with Crippen LogP contribution in [0.5, 0.6) is 0 Å². The molecule has 0 spiro atoms. The van der Waals surface area contributed by atoms with E-state index in [1.807, 2.05) is 0 Å². The van der Waals surface area contributed by atoms with Crippen LogP contribution < -0.4 is 0 Å². The van der Waals surface area contributed by atoms with Crippen LogP contribution >= 0.6 is 15.9 Å². The number of sulfonamides is 1. The quantitative estimate of drug-likeness (QED) is 0.736. The molecular weight excluding hydrogens is 294 g/mol. The van der Waals surface area contributed by atoms with Crippen LogP contribution in [0.25, 0.3) is 0 Å². The van der Waals surface area contributed by atoms with Crippen molar-refractivity contribution in [3.05, 3.63) is 0 Å². The summed E-state index contributed by atoms with van der Waals surface area (Å²) in [5, 5.41) is 0.734. The van der Waals surface area contributed by atoms with Gasteiger partial charge in [0, 0.05) is 24.5 Å². The third-order valence-electron chi connectivity index (χ3n) is 3.28. The highest BCUT2D eigenvalue weighted by atomic mass is 79.9. The summed E-state index contributed by atoms with van der Waals surface area (Å²) in [7, 11) is -3.13. The lowest BCUT2D eigenvalue weighted by Gasteiger charge is -2.23. The normalized spacial score (nSPS) is 32.3. The zero-order valence-corrected chi connectivity index (χ0v) is 11.7. The fourth-order valence-corrected chi connectivity index (χ4v) is 5.27. The molecule has 0 aliphatic carbocycles. The maximum Gasteiger partial charge on any atom is 0.216 e. The Labute approximate surface area is 106 Å². The van der Waals surface area contributed by atoms with Crippen LogP contribution in [0, 0.1) is 0 Å². The van der Waals surface area contributed by atoms with Crippen molar-refractivity contribution in [1.82, 2.24) is 4.31 Å². The SMILES string of the molecule is O=S(=O)(CC1CCCO1)N1CCCC1CBr. The molecule has 0 amide bonds. The third kappa shape index (κ3) is 2.78. The Kier molecular flexibility index (Phi) is 4.26. The lowest BCUT2D eigenvalue weighted by Crippen LogP contribution is -2.40. The van der Waals surface area contributed by atoms with Gasteiger partial charge < -0.3 is 4.74 Å². The smallest absolute Gasteiger partial charge is 0.216 e. The van der Waals surface area contributed by atoms with E-state index in [1.54, 1.807) is 4.31 Å². The minimum atomic E-state index is -3.13. The molecule has 2 atom stereocenters. The van der Waals surface area contributed by atoms with E-state index in [4.69, 9.17) is 4.74 Å². The zero-order valence-electron chi connectivity index (χ0n) is 9.27. The van der Waals surface area contributed by atoms with Gasteiger partial charge in [-0.05, 0) is 25.7 Å². The standard InChI is InChI=1S/C10H18BrNO3S/c11-7-9-3-1-5-12(9)16(13,14)8-10-4-2-6-15-10/h9-10H,1-8H2. The molecule has 2 aliphatic rings. The molecule has 0 N–H and O–H groups in total. The average molecular weight is 312 g/mol. The molecule has 2 rings (SSSR count). The van der Waals surface area contributed by atoms with E-state index in [0.29, 0.717) is 13.2 Å². The molecule has 2 unspecified atom stereocenters. The molecule has 0 aromatic rings. The maximum absolute atomic E-state index is 12.2. The zero-order chi connectivity index (χ0) is 11.6. The lowest BCUT2D eigenvalue weighted by molar-refractivity contribution is 0.126. The van der Waals surface area contributed by atoms with Crippen molar-refractivity contribution in [2.24, 2.45) is 0 Å². The molecule has 0 radical (unpaired) electrons. The number of halogens is 1. The monoisotopic (exact) mass is 311 g/mol. The van der Waals surface area contributed by atoms with Gasteiger partial charge in [-0.2, -0.15) is 4.31 Å². The molecule has 0 saturated carbocycles. The Morgan fingerprint density at radius 2 is 2.12 bits per heavy atom. The van der Waals surface area contributed by atoms with Gasteiger partial charge in [0.05, 0.1) is 11.9 Å². The molecule has 0 aromatic heterocycles. The molecule has 2 aliphatic heterocycles. The number of hydrogen-bond donors (Lipinski definition) is 0. The summed E-state index contributed by atoms with van der Waals surface area (Å²) in [6.07, 6.45) is 3.73. The number of alkyl halides is 1. The Bertz CT molecular complexity index is 327. The highest BCUT2D eigenvalue weighted by Gasteiger charge is 2.35. The Morgan fingerprint density at radius 1 is 1.31 bits per heavy atom. The molecule has 16 heavy (non-hydrogen) atoms. The van der Waals surface area contributed by atoms with Crippen molar-refractivity contribution in [2.45, 2.75) is 37.8 Å². The Hall–Kier alpha value is 0.350. The molecule has 94 valence electrons. The summed E-state index contributed by atoms with van der Waals surface area (Å²) in [6, 6.07) is 0.145. The number of hydrogen-bond acceptors (Lipinski definition) is 3. The van der Waals surface area contributed by atoms with Gasteiger partial charge in [-0.1, -0.05) is 15.9 Å². The minimum absolute atomic E-state index is 0.0819. The van der Waals surface area contributed by atoms with Gasteiger partial charge in [0.25, 0.3) is 0 Å². The predicted molar refractivity (Wildman–Crippen MR) is 66.3 cm³/mol. The molecule has 4 nitrogen and oxygen atoms in total. The number of ether oxygens (including phenoxy) is 1. The summed E-state index contributed by atoms with van der Waals surface area (Å²) in [5.74, 6) is 0.163. The van der Waals surface area contributed by atoms with Gasteiger partial charge in [-0.25, -0.2) is 8.42 Å². The maximum atomic E-state index is 12.2. The fraction of sp³-hybridized carbons (Fsp3) is 1.00. The molecule has 0 aromatic carbocycles. The van der Waals surface area contributed by atoms with Crippen molar-refractivity contribution in [2.75, 3.05) is 24.2 Å². The van der Waals surface area contributed by atoms with Gasteiger partial charge in [0.1, 0.15) is 0 Å². The van der Waals surface area contributed by atoms with Gasteiger partial charge in [0.2, 0.25) is 10.0 Å². The van der Waals surface area contributed by atoms with Gasteiger partial charge in [-0.15, -0.1) is 0 Å². The van der Waals surface area contributed by atoms with Crippen molar-refractivity contribution in [3.63, 3.8) is 0 Å². The second-order valence-electron chi connectivity index (χ2n) is 4.47. The third-order valence-corrected chi connectivity index (χ3v) is 6.01. The van der Waals surface area contributed by atoms with Gasteiger partial charge in [0.15, 0.2) is 0 Å². The van der Waals surface area contributed by atoms with Crippen LogP contribution in [0.1, 0.15) is 25.7 Å². The van der Waals surface area contributed by atoms with Crippen LogP contribution in [0.2, 0.25) is 0 Å². The summed E-state index contributed by atoms with van der Waals surface area (Å²) in [6.45, 7) is 1.38. The highest BCUT2D eigenvalue weighted by Crippen LogP contribution is 2.25. The largest absolute Gasteiger partial charge is 0.377 e. The van der Waals surface area contributed by atoms with Crippen molar-refractivity contribution >= 4 is 26.0 Å². The van der Waals surface area contributed by atoms with Gasteiger partial charge >= 0.3 is 0 Å². The number of nitrogens with zero attached hydrogens (tertiary/aromatic N) is 1. The second-order valence-corrected chi connectivity index (χ2v) is 7.09. The molecular formula is C10H18BrNO3S. The van der Waals surface area contributed by atoms with Crippen molar-refractivity contribution in [3.8, 4) is 0 Å². The fourth-order valence-electron chi connectivity index (χ4n) is 2.44. The van der Waals surface area contributed by atoms with Crippen LogP contribution in [-0.2, 0) is 14.8 Å². The summed E-state index contributed by atoms with van der Waals surface area (Å²) >= 11 is 3.38. The molecule has 6 heteroatoms. The Balaban J connectivity index is 2.00. The summed E-state index contributed by atoms with van der Waals surface area (Å²) in [4.78, 5) is 0. The first-order valence-electron chi connectivity index (χ1n) is 5.80. The van der Waals surface area contributed by atoms with E-state index in [-0.39, 0.29) is 17.9 Å². The minimum Gasteiger partial charge on any atom is -0.377 e. The lowest BCUT2D eigenvalue weighted by atomic mass is 10.3. The predicted octanol–water partition coefficient (Wildman–Crippen LogP) is 1.35. The first-order chi connectivity index (χ1) is 7.63. The van der Waals surface area contributed by atoms with E-state index in [2.05, 4.69) is 15.9 Å². The first-order valence-corrected chi connectivity index (χ1v) is 8.53. The van der Waals surface area contributed by atoms with E-state index in [9.17, 15) is 8.42 Å². The molecule has 2 fully saturated rings. The summed E-state index contributed by atoms with van der Waals surface area (Å²) < 4.78 is 31.4. The van der Waals surface area contributed by atoms with E-state index >= 15 is 0 Å². The molecule has 0 bridgehead atoms. The molecule has 2 heterocycles. The van der Waals surface area contributed by atoms with Crippen LogP contribution in [0.15, 0.2) is 0 Å². The van der Waals surface area contributed by atoms with Crippen LogP contribution in [-0.4, -0.2) is 49.1 Å². The highest BCUT2D eigenvalue weighted by molar-refractivity contribution is 9.09. The van der Waals surface area contributed by atoms with E-state index < -0.39 is 10.0 Å². The van der Waals surface area contributed by atoms with Crippen LogP contribution in [0.3, 0.4) is 0 Å². The van der Waals surface area contributed by atoms with Crippen LogP contribution in [0.4, 0.5) is 0 Å². The molecule has 2 saturated heterocycles. The van der Waals surface area contributed by atoms with Crippen molar-refractivity contribution in [1.29, 1.82) is 0 Å². The van der Waals surface area contributed by atoms with Crippen molar-refractivity contribution < 1.29 is 13.2 Å². The first kappa shape index (κ1) is 12.8. The topological polar surface area (TPSA) is 46.6 Å². The average Bonchev–Trinajstić information content (AvgIpc) is 2.85. The van der Waals surface area contributed by atoms with E-state index in [0.717, 1.165) is 31.0 Å². The van der Waals surface area contributed by atoms with Gasteiger partial charge in [-0.3, -0.25) is 0 Å².